The SMILES string of the molecule is O=C(O)c1cc2c(s1)CCOC21CCN(C(=O)CCN2CCCC2)CC1. The molecule has 142 valence electrons. The molecule has 1 N–H and O–H groups in total. The Balaban J connectivity index is 1.39. The van der Waals surface area contributed by atoms with Gasteiger partial charge in [0.25, 0.3) is 0 Å². The second-order valence-corrected chi connectivity index (χ2v) is 8.66. The standard InChI is InChI=1S/C19H26N2O4S/c22-17(3-9-20-7-1-2-8-20)21-10-5-19(6-11-21)14-13-16(18(23)24)26-15(14)4-12-25-19/h13H,1-12H2,(H,23,24). The van der Waals surface area contributed by atoms with Crippen molar-refractivity contribution >= 4 is 23.2 Å². The van der Waals surface area contributed by atoms with Crippen molar-refractivity contribution in [2.24, 2.45) is 0 Å². The summed E-state index contributed by atoms with van der Waals surface area (Å²) in [6.45, 7) is 5.13. The van der Waals surface area contributed by atoms with Gasteiger partial charge in [-0.25, -0.2) is 4.79 Å². The number of rotatable bonds is 4. The molecular weight excluding hydrogens is 352 g/mol. The van der Waals surface area contributed by atoms with E-state index in [1.165, 1.54) is 24.2 Å². The third-order valence-corrected chi connectivity index (χ3v) is 7.17. The normalized spacial score (nSPS) is 22.5. The van der Waals surface area contributed by atoms with E-state index in [-0.39, 0.29) is 5.91 Å². The van der Waals surface area contributed by atoms with Gasteiger partial charge in [-0.1, -0.05) is 0 Å². The molecule has 0 radical (unpaired) electrons. The van der Waals surface area contributed by atoms with E-state index in [1.807, 2.05) is 4.90 Å². The maximum Gasteiger partial charge on any atom is 0.345 e. The third-order valence-electron chi connectivity index (χ3n) is 5.98. The highest BCUT2D eigenvalue weighted by Gasteiger charge is 2.43. The Labute approximate surface area is 157 Å². The van der Waals surface area contributed by atoms with E-state index in [9.17, 15) is 14.7 Å². The molecule has 0 unspecified atom stereocenters. The maximum atomic E-state index is 12.5. The van der Waals surface area contributed by atoms with Crippen LogP contribution in [0, 0.1) is 0 Å². The summed E-state index contributed by atoms with van der Waals surface area (Å²) in [5.41, 5.74) is 0.652. The number of carboxylic acid groups (broad SMARTS) is 1. The first-order chi connectivity index (χ1) is 12.6. The summed E-state index contributed by atoms with van der Waals surface area (Å²) >= 11 is 1.37. The second kappa shape index (κ2) is 7.29. The number of fused-ring (bicyclic) bond motifs is 2. The van der Waals surface area contributed by atoms with E-state index in [1.54, 1.807) is 6.07 Å². The average molecular weight is 378 g/mol. The van der Waals surface area contributed by atoms with Crippen LogP contribution in [0.1, 0.15) is 52.2 Å². The lowest BCUT2D eigenvalue weighted by Crippen LogP contribution is -2.48. The molecule has 0 bridgehead atoms. The summed E-state index contributed by atoms with van der Waals surface area (Å²) in [5.74, 6) is -0.631. The number of likely N-dealkylation sites (tertiary alicyclic amines) is 2. The maximum absolute atomic E-state index is 12.5. The molecule has 3 aliphatic heterocycles. The molecule has 7 heteroatoms. The van der Waals surface area contributed by atoms with Gasteiger partial charge >= 0.3 is 5.97 Å². The van der Waals surface area contributed by atoms with Crippen LogP contribution >= 0.6 is 11.3 Å². The van der Waals surface area contributed by atoms with Gasteiger partial charge in [-0.05, 0) is 50.4 Å². The second-order valence-electron chi connectivity index (χ2n) is 7.52. The van der Waals surface area contributed by atoms with Crippen LogP contribution in [0.2, 0.25) is 0 Å². The minimum absolute atomic E-state index is 0.235. The number of nitrogens with zero attached hydrogens (tertiary/aromatic N) is 2. The number of amides is 1. The lowest BCUT2D eigenvalue weighted by molar-refractivity contribution is -0.140. The van der Waals surface area contributed by atoms with E-state index in [0.29, 0.717) is 31.0 Å². The first-order valence-electron chi connectivity index (χ1n) is 9.58. The molecule has 4 heterocycles. The summed E-state index contributed by atoms with van der Waals surface area (Å²) in [4.78, 5) is 29.7. The predicted octanol–water partition coefficient (Wildman–Crippen LogP) is 2.32. The zero-order chi connectivity index (χ0) is 18.1. The van der Waals surface area contributed by atoms with Crippen LogP contribution in [0.3, 0.4) is 0 Å². The molecule has 1 aromatic rings. The number of piperidine rings is 1. The topological polar surface area (TPSA) is 70.1 Å². The molecule has 0 aromatic carbocycles. The van der Waals surface area contributed by atoms with E-state index in [2.05, 4.69) is 4.90 Å². The first kappa shape index (κ1) is 17.9. The van der Waals surface area contributed by atoms with Crippen molar-refractivity contribution in [3.63, 3.8) is 0 Å². The molecule has 1 amide bonds. The molecule has 3 aliphatic rings. The van der Waals surface area contributed by atoms with Gasteiger partial charge in [0.2, 0.25) is 5.91 Å². The number of hydrogen-bond donors (Lipinski definition) is 1. The minimum Gasteiger partial charge on any atom is -0.477 e. The molecule has 2 saturated heterocycles. The van der Waals surface area contributed by atoms with Crippen molar-refractivity contribution in [3.05, 3.63) is 21.4 Å². The highest BCUT2D eigenvalue weighted by atomic mass is 32.1. The predicted molar refractivity (Wildman–Crippen MR) is 98.7 cm³/mol. The van der Waals surface area contributed by atoms with Crippen molar-refractivity contribution in [2.75, 3.05) is 39.3 Å². The lowest BCUT2D eigenvalue weighted by Gasteiger charge is -2.44. The number of hydrogen-bond acceptors (Lipinski definition) is 5. The van der Waals surface area contributed by atoms with Crippen LogP contribution < -0.4 is 0 Å². The third kappa shape index (κ3) is 3.40. The Bertz CT molecular complexity index is 688. The van der Waals surface area contributed by atoms with Crippen LogP contribution in [-0.2, 0) is 21.6 Å². The number of thiophene rings is 1. The summed E-state index contributed by atoms with van der Waals surface area (Å²) in [5, 5.41) is 9.30. The van der Waals surface area contributed by atoms with Crippen LogP contribution in [0.5, 0.6) is 0 Å². The Hall–Kier alpha value is -1.44. The number of carboxylic acids is 1. The number of ether oxygens (including phenoxy) is 1. The van der Waals surface area contributed by atoms with Crippen molar-refractivity contribution < 1.29 is 19.4 Å². The first-order valence-corrected chi connectivity index (χ1v) is 10.4. The highest BCUT2D eigenvalue weighted by Crippen LogP contribution is 2.44. The van der Waals surface area contributed by atoms with Gasteiger partial charge in [-0.15, -0.1) is 11.3 Å². The molecule has 1 aromatic heterocycles. The van der Waals surface area contributed by atoms with Crippen LogP contribution in [0.15, 0.2) is 6.07 Å². The van der Waals surface area contributed by atoms with Gasteiger partial charge in [-0.2, -0.15) is 0 Å². The van der Waals surface area contributed by atoms with Gasteiger partial charge < -0.3 is 19.6 Å². The molecule has 0 atom stereocenters. The number of aromatic carboxylic acids is 1. The molecule has 2 fully saturated rings. The fraction of sp³-hybridized carbons (Fsp3) is 0.684. The van der Waals surface area contributed by atoms with E-state index in [4.69, 9.17) is 4.74 Å². The molecular formula is C19H26N2O4S. The fourth-order valence-electron chi connectivity index (χ4n) is 4.47. The average Bonchev–Trinajstić information content (AvgIpc) is 3.31. The van der Waals surface area contributed by atoms with Crippen LogP contribution in [-0.4, -0.2) is 66.1 Å². The van der Waals surface area contributed by atoms with Gasteiger partial charge in [-0.3, -0.25) is 4.79 Å². The molecule has 0 aliphatic carbocycles. The summed E-state index contributed by atoms with van der Waals surface area (Å²) in [6, 6.07) is 1.80. The number of carbonyl (C=O) groups is 2. The minimum atomic E-state index is -0.867. The molecule has 4 rings (SSSR count). The highest BCUT2D eigenvalue weighted by molar-refractivity contribution is 7.14. The quantitative estimate of drug-likeness (QED) is 0.871. The van der Waals surface area contributed by atoms with E-state index < -0.39 is 11.6 Å². The molecule has 26 heavy (non-hydrogen) atoms. The monoisotopic (exact) mass is 378 g/mol. The summed E-state index contributed by atoms with van der Waals surface area (Å²) in [7, 11) is 0. The summed E-state index contributed by atoms with van der Waals surface area (Å²) in [6.07, 6.45) is 5.39. The van der Waals surface area contributed by atoms with Crippen LogP contribution in [0.4, 0.5) is 0 Å². The Morgan fingerprint density at radius 2 is 1.92 bits per heavy atom. The Morgan fingerprint density at radius 3 is 2.62 bits per heavy atom. The Kier molecular flexibility index (Phi) is 5.03. The van der Waals surface area contributed by atoms with Crippen molar-refractivity contribution in [1.82, 2.24) is 9.80 Å². The van der Waals surface area contributed by atoms with Gasteiger partial charge in [0.1, 0.15) is 4.88 Å². The summed E-state index contributed by atoms with van der Waals surface area (Å²) < 4.78 is 6.16. The molecule has 6 nitrogen and oxygen atoms in total. The fourth-order valence-corrected chi connectivity index (χ4v) is 5.54. The number of carbonyl (C=O) groups excluding carboxylic acids is 1. The van der Waals surface area contributed by atoms with Crippen molar-refractivity contribution in [2.45, 2.75) is 44.1 Å². The van der Waals surface area contributed by atoms with Gasteiger partial charge in [0.05, 0.1) is 12.2 Å². The van der Waals surface area contributed by atoms with E-state index >= 15 is 0 Å². The van der Waals surface area contributed by atoms with Crippen LogP contribution in [0.25, 0.3) is 0 Å². The lowest BCUT2D eigenvalue weighted by atomic mass is 9.82. The zero-order valence-corrected chi connectivity index (χ0v) is 15.9. The molecule has 0 saturated carbocycles. The van der Waals surface area contributed by atoms with Gasteiger partial charge in [0, 0.05) is 37.4 Å². The van der Waals surface area contributed by atoms with Gasteiger partial charge in [0.15, 0.2) is 0 Å². The van der Waals surface area contributed by atoms with E-state index in [0.717, 1.165) is 49.3 Å². The largest absolute Gasteiger partial charge is 0.477 e. The Morgan fingerprint density at radius 1 is 1.19 bits per heavy atom. The zero-order valence-electron chi connectivity index (χ0n) is 15.0. The van der Waals surface area contributed by atoms with Crippen molar-refractivity contribution in [1.29, 1.82) is 0 Å². The van der Waals surface area contributed by atoms with Crippen molar-refractivity contribution in [3.8, 4) is 0 Å². The molecule has 1 spiro atoms. The smallest absolute Gasteiger partial charge is 0.345 e.